The van der Waals surface area contributed by atoms with Crippen molar-refractivity contribution < 1.29 is 8.91 Å². The van der Waals surface area contributed by atoms with Crippen LogP contribution in [-0.4, -0.2) is 65.0 Å². The molecule has 0 spiro atoms. The number of aryl methyl sites for hydroxylation is 2. The van der Waals surface area contributed by atoms with Gasteiger partial charge in [0, 0.05) is 55.1 Å². The largest absolute Gasteiger partial charge is 0.368 e. The van der Waals surface area contributed by atoms with Crippen molar-refractivity contribution >= 4 is 17.2 Å². The number of allylic oxidation sites excluding steroid dienone is 1. The van der Waals surface area contributed by atoms with Crippen LogP contribution in [0.3, 0.4) is 0 Å². The lowest BCUT2D eigenvalue weighted by Crippen LogP contribution is -2.49. The standard InChI is InChI=1S/C23H30N6O2/c1-4-16-14-25-21(27-22(16)30)17-5-6-18(13-17)28-9-11-29(12-10-28)20-8-7-19(23(31)24-3)26-15(20)2/h7-8,13-14,18H,4-6,9-12H2,1-3H3,(H,24,31)(H,25,27,30)/i3D3. The zero-order valence-corrected chi connectivity index (χ0v) is 17.9. The number of amides is 1. The zero-order chi connectivity index (χ0) is 24.5. The van der Waals surface area contributed by atoms with Gasteiger partial charge in [0.1, 0.15) is 11.5 Å². The normalized spacial score (nSPS) is 21.2. The number of hydrogen-bond donors (Lipinski definition) is 2. The number of nitrogens with one attached hydrogen (secondary N) is 2. The lowest BCUT2D eigenvalue weighted by Gasteiger charge is -2.39. The fraction of sp³-hybridized carbons (Fsp3) is 0.478. The highest BCUT2D eigenvalue weighted by Crippen LogP contribution is 2.30. The van der Waals surface area contributed by atoms with Gasteiger partial charge in [0.15, 0.2) is 0 Å². The number of aromatic nitrogens is 3. The van der Waals surface area contributed by atoms with Crippen molar-refractivity contribution in [3.8, 4) is 0 Å². The van der Waals surface area contributed by atoms with Gasteiger partial charge in [-0.05, 0) is 43.9 Å². The third-order valence-corrected chi connectivity index (χ3v) is 6.19. The number of rotatable bonds is 5. The van der Waals surface area contributed by atoms with E-state index in [4.69, 9.17) is 4.11 Å². The van der Waals surface area contributed by atoms with Gasteiger partial charge in [-0.3, -0.25) is 14.5 Å². The molecule has 1 amide bonds. The van der Waals surface area contributed by atoms with Gasteiger partial charge in [0.05, 0.1) is 11.4 Å². The van der Waals surface area contributed by atoms with Crippen LogP contribution in [0.5, 0.6) is 0 Å². The molecule has 31 heavy (non-hydrogen) atoms. The minimum absolute atomic E-state index is 0.0589. The molecule has 1 saturated heterocycles. The summed E-state index contributed by atoms with van der Waals surface area (Å²) in [5.41, 5.74) is 3.48. The van der Waals surface area contributed by atoms with Crippen LogP contribution in [0.2, 0.25) is 0 Å². The van der Waals surface area contributed by atoms with Crippen LogP contribution in [0.4, 0.5) is 5.69 Å². The first kappa shape index (κ1) is 17.7. The second kappa shape index (κ2) is 9.01. The number of aromatic amines is 1. The summed E-state index contributed by atoms with van der Waals surface area (Å²) in [6.45, 7) is 4.64. The molecule has 0 saturated carbocycles. The maximum absolute atomic E-state index is 12.1. The average Bonchev–Trinajstić information content (AvgIpc) is 3.28. The van der Waals surface area contributed by atoms with Gasteiger partial charge in [0.25, 0.3) is 11.5 Å². The van der Waals surface area contributed by atoms with Crippen LogP contribution in [-0.2, 0) is 6.42 Å². The van der Waals surface area contributed by atoms with Crippen molar-refractivity contribution in [1.82, 2.24) is 25.2 Å². The molecule has 2 aromatic rings. The van der Waals surface area contributed by atoms with Crippen molar-refractivity contribution in [3.05, 3.63) is 57.5 Å². The maximum atomic E-state index is 12.1. The molecule has 0 radical (unpaired) electrons. The second-order valence-electron chi connectivity index (χ2n) is 8.02. The Morgan fingerprint density at radius 3 is 2.81 bits per heavy atom. The van der Waals surface area contributed by atoms with E-state index in [-0.39, 0.29) is 11.3 Å². The summed E-state index contributed by atoms with van der Waals surface area (Å²) in [6.07, 6.45) is 6.46. The van der Waals surface area contributed by atoms with E-state index in [0.717, 1.165) is 50.3 Å². The lowest BCUT2D eigenvalue weighted by molar-refractivity contribution is 0.0958. The van der Waals surface area contributed by atoms with Gasteiger partial charge >= 0.3 is 0 Å². The molecule has 2 aromatic heterocycles. The minimum Gasteiger partial charge on any atom is -0.368 e. The van der Waals surface area contributed by atoms with E-state index in [0.29, 0.717) is 29.5 Å². The number of nitrogens with zero attached hydrogens (tertiary/aromatic N) is 4. The highest BCUT2D eigenvalue weighted by molar-refractivity contribution is 5.92. The van der Waals surface area contributed by atoms with Crippen LogP contribution >= 0.6 is 0 Å². The van der Waals surface area contributed by atoms with E-state index < -0.39 is 12.9 Å². The molecule has 2 aliphatic rings. The molecule has 8 heteroatoms. The average molecular weight is 426 g/mol. The number of carbonyl (C=O) groups is 1. The number of anilines is 1. The van der Waals surface area contributed by atoms with Gasteiger partial charge < -0.3 is 15.2 Å². The van der Waals surface area contributed by atoms with Crippen LogP contribution in [0, 0.1) is 6.92 Å². The first-order valence-electron chi connectivity index (χ1n) is 12.2. The van der Waals surface area contributed by atoms with E-state index in [1.165, 1.54) is 0 Å². The Balaban J connectivity index is 1.38. The molecule has 0 aromatic carbocycles. The van der Waals surface area contributed by atoms with Crippen molar-refractivity contribution in [2.45, 2.75) is 39.2 Å². The minimum atomic E-state index is -2.54. The molecule has 1 unspecified atom stereocenters. The smallest absolute Gasteiger partial charge is 0.269 e. The van der Waals surface area contributed by atoms with Crippen molar-refractivity contribution in [3.63, 3.8) is 0 Å². The van der Waals surface area contributed by atoms with Gasteiger partial charge in [0.2, 0.25) is 0 Å². The number of pyridine rings is 1. The van der Waals surface area contributed by atoms with Gasteiger partial charge in [-0.2, -0.15) is 0 Å². The molecular weight excluding hydrogens is 392 g/mol. The Labute approximate surface area is 186 Å². The maximum Gasteiger partial charge on any atom is 0.269 e. The Bertz CT molecular complexity index is 1150. The summed E-state index contributed by atoms with van der Waals surface area (Å²) in [5, 5.41) is 1.97. The Kier molecular flexibility index (Phi) is 5.13. The summed E-state index contributed by atoms with van der Waals surface area (Å²) in [5.74, 6) is -0.0314. The molecule has 8 nitrogen and oxygen atoms in total. The summed E-state index contributed by atoms with van der Waals surface area (Å²) in [4.78, 5) is 40.6. The van der Waals surface area contributed by atoms with E-state index in [1.807, 2.05) is 25.2 Å². The van der Waals surface area contributed by atoms with Gasteiger partial charge in [-0.15, -0.1) is 0 Å². The van der Waals surface area contributed by atoms with Crippen LogP contribution in [0.1, 0.15) is 51.4 Å². The lowest BCUT2D eigenvalue weighted by atomic mass is 10.1. The number of hydrogen-bond acceptors (Lipinski definition) is 6. The molecule has 0 bridgehead atoms. The van der Waals surface area contributed by atoms with E-state index in [2.05, 4.69) is 30.8 Å². The van der Waals surface area contributed by atoms with Gasteiger partial charge in [-0.25, -0.2) is 9.97 Å². The number of H-pyrrole nitrogens is 1. The van der Waals surface area contributed by atoms with E-state index in [9.17, 15) is 9.59 Å². The molecule has 164 valence electrons. The highest BCUT2D eigenvalue weighted by Gasteiger charge is 2.28. The van der Waals surface area contributed by atoms with Gasteiger partial charge in [-0.1, -0.05) is 13.0 Å². The number of piperazine rings is 1. The van der Waals surface area contributed by atoms with E-state index >= 15 is 0 Å². The molecule has 1 aliphatic heterocycles. The Morgan fingerprint density at radius 1 is 1.32 bits per heavy atom. The van der Waals surface area contributed by atoms with Crippen molar-refractivity contribution in [2.24, 2.45) is 0 Å². The molecule has 4 rings (SSSR count). The molecule has 1 aliphatic carbocycles. The Hall–Kier alpha value is -3.00. The molecule has 3 heterocycles. The zero-order valence-electron chi connectivity index (χ0n) is 20.9. The van der Waals surface area contributed by atoms with Crippen molar-refractivity contribution in [1.29, 1.82) is 0 Å². The van der Waals surface area contributed by atoms with Crippen LogP contribution in [0.15, 0.2) is 29.2 Å². The summed E-state index contributed by atoms with van der Waals surface area (Å²) >= 11 is 0. The summed E-state index contributed by atoms with van der Waals surface area (Å²) in [6, 6.07) is 3.72. The monoisotopic (exact) mass is 425 g/mol. The fourth-order valence-corrected chi connectivity index (χ4v) is 4.40. The number of carbonyl (C=O) groups excluding carboxylic acids is 1. The molecular formula is C23H30N6O2. The third-order valence-electron chi connectivity index (χ3n) is 6.19. The van der Waals surface area contributed by atoms with E-state index in [1.54, 1.807) is 12.3 Å². The quantitative estimate of drug-likeness (QED) is 0.758. The SMILES string of the molecule is [2H]C([2H])([2H])NC(=O)c1ccc(N2CCN(C3C=C(c4ncc(CC)c(=O)[nH]4)CC3)CC2)c(C)n1. The topological polar surface area (TPSA) is 94.2 Å². The first-order valence-corrected chi connectivity index (χ1v) is 10.7. The Morgan fingerprint density at radius 2 is 2.13 bits per heavy atom. The summed E-state index contributed by atoms with van der Waals surface area (Å²) in [7, 11) is 0. The first-order chi connectivity index (χ1) is 16.1. The molecule has 2 N–H and O–H groups in total. The van der Waals surface area contributed by atoms with Crippen LogP contribution in [0.25, 0.3) is 5.57 Å². The second-order valence-corrected chi connectivity index (χ2v) is 8.02. The fourth-order valence-electron chi connectivity index (χ4n) is 4.40. The third kappa shape index (κ3) is 4.39. The predicted octanol–water partition coefficient (Wildman–Crippen LogP) is 1.76. The molecule has 1 atom stereocenters. The highest BCUT2D eigenvalue weighted by atomic mass is 16.1. The van der Waals surface area contributed by atoms with Crippen molar-refractivity contribution in [2.75, 3.05) is 38.1 Å². The van der Waals surface area contributed by atoms with Crippen LogP contribution < -0.4 is 15.8 Å². The predicted molar refractivity (Wildman–Crippen MR) is 121 cm³/mol. The summed E-state index contributed by atoms with van der Waals surface area (Å²) < 4.78 is 21.5. The molecule has 1 fully saturated rings.